The molecule has 1 aliphatic rings. The third kappa shape index (κ3) is 3.37. The summed E-state index contributed by atoms with van der Waals surface area (Å²) in [6.45, 7) is 1.03. The molecule has 1 aromatic heterocycles. The lowest BCUT2D eigenvalue weighted by molar-refractivity contribution is 0.184. The van der Waals surface area contributed by atoms with Crippen LogP contribution in [0.25, 0.3) is 0 Å². The number of amides is 2. The molecular formula is C14H16ClN5O3S. The van der Waals surface area contributed by atoms with Crippen molar-refractivity contribution < 1.29 is 13.2 Å². The van der Waals surface area contributed by atoms with Gasteiger partial charge in [0.2, 0.25) is 10.0 Å². The maximum Gasteiger partial charge on any atom is 0.322 e. The van der Waals surface area contributed by atoms with Crippen molar-refractivity contribution in [3.8, 4) is 0 Å². The molecule has 128 valence electrons. The van der Waals surface area contributed by atoms with Crippen LogP contribution in [0.2, 0.25) is 5.02 Å². The van der Waals surface area contributed by atoms with Crippen LogP contribution in [0, 0.1) is 0 Å². The van der Waals surface area contributed by atoms with Crippen molar-refractivity contribution in [3.05, 3.63) is 41.7 Å². The Labute approximate surface area is 144 Å². The Morgan fingerprint density at radius 3 is 2.54 bits per heavy atom. The summed E-state index contributed by atoms with van der Waals surface area (Å²) in [5.41, 5.74) is 0.561. The fourth-order valence-electron chi connectivity index (χ4n) is 2.45. The van der Waals surface area contributed by atoms with Crippen molar-refractivity contribution in [2.75, 3.05) is 31.5 Å². The second-order valence-corrected chi connectivity index (χ2v) is 7.55. The minimum atomic E-state index is -3.66. The first-order chi connectivity index (χ1) is 11.5. The Bertz CT molecular complexity index is 817. The normalized spacial score (nSPS) is 16.1. The summed E-state index contributed by atoms with van der Waals surface area (Å²) < 4.78 is 26.6. The van der Waals surface area contributed by atoms with Crippen LogP contribution in [-0.2, 0) is 10.0 Å². The maximum absolute atomic E-state index is 12.7. The SMILES string of the molecule is O=C(Nc1cn[nH]c1)N1CCN(S(=O)(=O)c2ccccc2Cl)CC1. The molecule has 3 rings (SSSR count). The highest BCUT2D eigenvalue weighted by atomic mass is 35.5. The molecular weight excluding hydrogens is 354 g/mol. The fraction of sp³-hybridized carbons (Fsp3) is 0.286. The summed E-state index contributed by atoms with van der Waals surface area (Å²) in [6.07, 6.45) is 3.06. The zero-order valence-corrected chi connectivity index (χ0v) is 14.2. The van der Waals surface area contributed by atoms with E-state index in [0.29, 0.717) is 18.8 Å². The summed E-state index contributed by atoms with van der Waals surface area (Å²) in [5.74, 6) is 0. The van der Waals surface area contributed by atoms with Gasteiger partial charge in [0.25, 0.3) is 0 Å². The molecule has 2 heterocycles. The number of benzene rings is 1. The number of aromatic amines is 1. The summed E-state index contributed by atoms with van der Waals surface area (Å²) >= 11 is 6.00. The highest BCUT2D eigenvalue weighted by Gasteiger charge is 2.31. The van der Waals surface area contributed by atoms with Gasteiger partial charge in [-0.25, -0.2) is 13.2 Å². The van der Waals surface area contributed by atoms with E-state index >= 15 is 0 Å². The van der Waals surface area contributed by atoms with Gasteiger partial charge in [0.15, 0.2) is 0 Å². The second-order valence-electron chi connectivity index (χ2n) is 5.24. The van der Waals surface area contributed by atoms with Gasteiger partial charge in [0, 0.05) is 32.4 Å². The smallest absolute Gasteiger partial charge is 0.322 e. The standard InChI is InChI=1S/C14H16ClN5O3S/c15-12-3-1-2-4-13(12)24(22,23)20-7-5-19(6-8-20)14(21)18-11-9-16-17-10-11/h1-4,9-10H,5-8H2,(H,16,17)(H,18,21). The Kier molecular flexibility index (Phi) is 4.74. The molecule has 0 atom stereocenters. The van der Waals surface area contributed by atoms with Gasteiger partial charge in [-0.1, -0.05) is 23.7 Å². The molecule has 10 heteroatoms. The summed E-state index contributed by atoms with van der Waals surface area (Å²) in [7, 11) is -3.66. The van der Waals surface area contributed by atoms with Crippen LogP contribution in [0.3, 0.4) is 0 Å². The highest BCUT2D eigenvalue weighted by molar-refractivity contribution is 7.89. The van der Waals surface area contributed by atoms with E-state index in [9.17, 15) is 13.2 Å². The minimum Gasteiger partial charge on any atom is -0.322 e. The molecule has 0 aliphatic carbocycles. The summed E-state index contributed by atoms with van der Waals surface area (Å²) in [6, 6.07) is 6.05. The summed E-state index contributed by atoms with van der Waals surface area (Å²) in [4.78, 5) is 13.8. The lowest BCUT2D eigenvalue weighted by Crippen LogP contribution is -2.51. The molecule has 0 unspecified atom stereocenters. The van der Waals surface area contributed by atoms with Gasteiger partial charge in [-0.15, -0.1) is 0 Å². The van der Waals surface area contributed by atoms with Crippen molar-refractivity contribution in [2.24, 2.45) is 0 Å². The number of sulfonamides is 1. The van der Waals surface area contributed by atoms with Crippen LogP contribution in [0.4, 0.5) is 10.5 Å². The second kappa shape index (κ2) is 6.80. The number of carbonyl (C=O) groups excluding carboxylic acids is 1. The molecule has 0 saturated carbocycles. The number of halogens is 1. The van der Waals surface area contributed by atoms with Crippen LogP contribution in [0.15, 0.2) is 41.6 Å². The van der Waals surface area contributed by atoms with E-state index in [-0.39, 0.29) is 29.0 Å². The van der Waals surface area contributed by atoms with E-state index in [0.717, 1.165) is 0 Å². The van der Waals surface area contributed by atoms with Crippen LogP contribution in [0.5, 0.6) is 0 Å². The number of hydrogen-bond acceptors (Lipinski definition) is 4. The van der Waals surface area contributed by atoms with E-state index in [4.69, 9.17) is 11.6 Å². The molecule has 2 aromatic rings. The van der Waals surface area contributed by atoms with Gasteiger partial charge >= 0.3 is 6.03 Å². The van der Waals surface area contributed by atoms with Crippen LogP contribution in [0.1, 0.15) is 0 Å². The average Bonchev–Trinajstić information content (AvgIpc) is 3.08. The van der Waals surface area contributed by atoms with E-state index in [1.807, 2.05) is 0 Å². The topological polar surface area (TPSA) is 98.4 Å². The van der Waals surface area contributed by atoms with Crippen LogP contribution >= 0.6 is 11.6 Å². The van der Waals surface area contributed by atoms with Gasteiger partial charge < -0.3 is 10.2 Å². The molecule has 8 nitrogen and oxygen atoms in total. The lowest BCUT2D eigenvalue weighted by atomic mass is 10.4. The van der Waals surface area contributed by atoms with Gasteiger partial charge in [-0.3, -0.25) is 5.10 Å². The van der Waals surface area contributed by atoms with Crippen molar-refractivity contribution >= 4 is 33.3 Å². The number of piperazine rings is 1. The molecule has 2 amide bonds. The van der Waals surface area contributed by atoms with Crippen LogP contribution < -0.4 is 5.32 Å². The monoisotopic (exact) mass is 369 g/mol. The quantitative estimate of drug-likeness (QED) is 0.858. The molecule has 0 spiro atoms. The molecule has 24 heavy (non-hydrogen) atoms. The van der Waals surface area contributed by atoms with Gasteiger partial charge in [-0.05, 0) is 12.1 Å². The van der Waals surface area contributed by atoms with E-state index in [2.05, 4.69) is 15.5 Å². The highest BCUT2D eigenvalue weighted by Crippen LogP contribution is 2.25. The van der Waals surface area contributed by atoms with E-state index in [1.165, 1.54) is 16.6 Å². The predicted molar refractivity (Wildman–Crippen MR) is 89.4 cm³/mol. The predicted octanol–water partition coefficient (Wildman–Crippen LogP) is 1.60. The maximum atomic E-state index is 12.7. The minimum absolute atomic E-state index is 0.0861. The van der Waals surface area contributed by atoms with Crippen molar-refractivity contribution in [1.82, 2.24) is 19.4 Å². The van der Waals surface area contributed by atoms with Crippen molar-refractivity contribution in [1.29, 1.82) is 0 Å². The Morgan fingerprint density at radius 2 is 1.92 bits per heavy atom. The van der Waals surface area contributed by atoms with Crippen LogP contribution in [-0.4, -0.2) is 60.0 Å². The number of aromatic nitrogens is 2. The number of urea groups is 1. The Morgan fingerprint density at radius 1 is 1.21 bits per heavy atom. The molecule has 0 radical (unpaired) electrons. The van der Waals surface area contributed by atoms with E-state index in [1.54, 1.807) is 29.3 Å². The number of nitrogens with one attached hydrogen (secondary N) is 2. The van der Waals surface area contributed by atoms with Gasteiger partial charge in [0.05, 0.1) is 16.9 Å². The number of anilines is 1. The molecule has 0 bridgehead atoms. The third-order valence-corrected chi connectivity index (χ3v) is 6.13. The molecule has 1 aliphatic heterocycles. The first-order valence-electron chi connectivity index (χ1n) is 7.28. The van der Waals surface area contributed by atoms with E-state index < -0.39 is 10.0 Å². The van der Waals surface area contributed by atoms with Crippen molar-refractivity contribution in [2.45, 2.75) is 4.90 Å². The molecule has 1 saturated heterocycles. The molecule has 2 N–H and O–H groups in total. The largest absolute Gasteiger partial charge is 0.322 e. The number of H-pyrrole nitrogens is 1. The fourth-order valence-corrected chi connectivity index (χ4v) is 4.36. The Hall–Kier alpha value is -2.10. The number of nitrogens with zero attached hydrogens (tertiary/aromatic N) is 3. The summed E-state index contributed by atoms with van der Waals surface area (Å²) in [5, 5.41) is 9.24. The lowest BCUT2D eigenvalue weighted by Gasteiger charge is -2.34. The first kappa shape index (κ1) is 16.7. The zero-order chi connectivity index (χ0) is 17.2. The number of rotatable bonds is 3. The molecule has 1 aromatic carbocycles. The molecule has 1 fully saturated rings. The average molecular weight is 370 g/mol. The van der Waals surface area contributed by atoms with Crippen molar-refractivity contribution in [3.63, 3.8) is 0 Å². The zero-order valence-electron chi connectivity index (χ0n) is 12.6. The third-order valence-electron chi connectivity index (χ3n) is 3.73. The first-order valence-corrected chi connectivity index (χ1v) is 9.09. The van der Waals surface area contributed by atoms with Gasteiger partial charge in [-0.2, -0.15) is 9.40 Å². The number of carbonyl (C=O) groups is 1. The number of hydrogen-bond donors (Lipinski definition) is 2. The Balaban J connectivity index is 1.64. The van der Waals surface area contributed by atoms with Gasteiger partial charge in [0.1, 0.15) is 4.90 Å².